The van der Waals surface area contributed by atoms with E-state index in [9.17, 15) is 8.42 Å². The zero-order valence-electron chi connectivity index (χ0n) is 15.1. The van der Waals surface area contributed by atoms with Crippen molar-refractivity contribution in [2.24, 2.45) is 0 Å². The summed E-state index contributed by atoms with van der Waals surface area (Å²) in [5.41, 5.74) is 0. The van der Waals surface area contributed by atoms with Crippen LogP contribution < -0.4 is 9.47 Å². The molecule has 166 valence electrons. The number of hydrogen-bond donors (Lipinski definition) is 0. The molecule has 0 fully saturated rings. The molecule has 0 heterocycles. The minimum atomic E-state index is -3.75. The molecule has 30 heavy (non-hydrogen) atoms. The number of hydrogen-bond acceptors (Lipinski definition) is 4. The minimum Gasteiger partial charge on any atom is -0.491 e. The summed E-state index contributed by atoms with van der Waals surface area (Å²) in [6.07, 6.45) is 0. The van der Waals surface area contributed by atoms with E-state index in [0.717, 1.165) is 10.7 Å². The zero-order valence-corrected chi connectivity index (χ0v) is 27.0. The Labute approximate surface area is 235 Å². The SMILES string of the molecule is O=S(=O)(c1ccc(OCC(Br)CBr)c(Br)c1)c1cc(Br)c(OCC(Br)CBr)c(Br)c1. The normalized spacial score (nSPS) is 13.7. The van der Waals surface area contributed by atoms with Crippen LogP contribution in [0.1, 0.15) is 0 Å². The summed E-state index contributed by atoms with van der Waals surface area (Å²) >= 11 is 23.9. The van der Waals surface area contributed by atoms with E-state index in [4.69, 9.17) is 9.47 Å². The monoisotopic (exact) mass is 879 g/mol. The van der Waals surface area contributed by atoms with Gasteiger partial charge in [-0.2, -0.15) is 0 Å². The predicted molar refractivity (Wildman–Crippen MR) is 145 cm³/mol. The highest BCUT2D eigenvalue weighted by molar-refractivity contribution is 9.12. The van der Waals surface area contributed by atoms with Gasteiger partial charge in [0, 0.05) is 10.7 Å². The number of ether oxygens (including phenoxy) is 2. The van der Waals surface area contributed by atoms with Crippen LogP contribution in [0.3, 0.4) is 0 Å². The van der Waals surface area contributed by atoms with Gasteiger partial charge in [-0.15, -0.1) is 0 Å². The second-order valence-electron chi connectivity index (χ2n) is 5.94. The fourth-order valence-corrected chi connectivity index (χ4v) is 6.51. The van der Waals surface area contributed by atoms with Crippen LogP contribution in [0.5, 0.6) is 11.5 Å². The molecular formula is C18H15Br7O4S. The van der Waals surface area contributed by atoms with E-state index >= 15 is 0 Å². The first-order chi connectivity index (χ1) is 14.1. The number of sulfone groups is 1. The second-order valence-corrected chi connectivity index (χ2v) is 14.3. The minimum absolute atomic E-state index is 0.132. The highest BCUT2D eigenvalue weighted by atomic mass is 79.9. The van der Waals surface area contributed by atoms with Crippen molar-refractivity contribution in [3.63, 3.8) is 0 Å². The fraction of sp³-hybridized carbons (Fsp3) is 0.333. The van der Waals surface area contributed by atoms with Crippen molar-refractivity contribution in [3.8, 4) is 11.5 Å². The highest BCUT2D eigenvalue weighted by Gasteiger charge is 2.23. The summed E-state index contributed by atoms with van der Waals surface area (Å²) in [5.74, 6) is 1.11. The van der Waals surface area contributed by atoms with Crippen molar-refractivity contribution in [2.75, 3.05) is 23.9 Å². The quantitative estimate of drug-likeness (QED) is 0.228. The number of rotatable bonds is 10. The maximum Gasteiger partial charge on any atom is 0.206 e. The molecule has 2 rings (SSSR count). The molecule has 0 amide bonds. The lowest BCUT2D eigenvalue weighted by molar-refractivity contribution is 0.321. The molecule has 0 aromatic heterocycles. The van der Waals surface area contributed by atoms with Crippen molar-refractivity contribution in [3.05, 3.63) is 43.7 Å². The molecule has 0 aliphatic rings. The van der Waals surface area contributed by atoms with Crippen LogP contribution in [0.15, 0.2) is 53.5 Å². The molecule has 2 unspecified atom stereocenters. The Bertz CT molecular complexity index is 961. The Kier molecular flexibility index (Phi) is 11.7. The van der Waals surface area contributed by atoms with E-state index in [1.807, 2.05) is 0 Å². The Morgan fingerprint density at radius 1 is 0.767 bits per heavy atom. The molecule has 2 atom stereocenters. The van der Waals surface area contributed by atoms with Gasteiger partial charge in [0.2, 0.25) is 9.84 Å². The Morgan fingerprint density at radius 3 is 1.77 bits per heavy atom. The van der Waals surface area contributed by atoms with Gasteiger partial charge in [-0.25, -0.2) is 8.42 Å². The molecule has 0 spiro atoms. The Hall–Kier alpha value is 1.35. The van der Waals surface area contributed by atoms with Gasteiger partial charge in [-0.05, 0) is 78.1 Å². The lowest BCUT2D eigenvalue weighted by Gasteiger charge is -2.15. The van der Waals surface area contributed by atoms with Crippen LogP contribution >= 0.6 is 112 Å². The van der Waals surface area contributed by atoms with E-state index in [-0.39, 0.29) is 19.4 Å². The maximum absolute atomic E-state index is 13.2. The third-order valence-corrected chi connectivity index (χ3v) is 11.7. The molecule has 0 bridgehead atoms. The van der Waals surface area contributed by atoms with E-state index in [1.165, 1.54) is 18.2 Å². The van der Waals surface area contributed by atoms with Gasteiger partial charge in [-0.1, -0.05) is 63.7 Å². The van der Waals surface area contributed by atoms with Crippen LogP contribution in [0.4, 0.5) is 0 Å². The zero-order chi connectivity index (χ0) is 22.5. The first-order valence-corrected chi connectivity index (χ1v) is 16.2. The second kappa shape index (κ2) is 12.7. The molecule has 12 heteroatoms. The van der Waals surface area contributed by atoms with Gasteiger partial charge in [0.15, 0.2) is 0 Å². The average molecular weight is 887 g/mol. The summed E-state index contributed by atoms with van der Waals surface area (Å²) in [6, 6.07) is 7.79. The molecule has 0 saturated carbocycles. The topological polar surface area (TPSA) is 52.6 Å². The molecule has 0 saturated heterocycles. The lowest BCUT2D eigenvalue weighted by Crippen LogP contribution is -2.13. The lowest BCUT2D eigenvalue weighted by atomic mass is 10.3. The van der Waals surface area contributed by atoms with Gasteiger partial charge in [0.25, 0.3) is 0 Å². The van der Waals surface area contributed by atoms with E-state index in [1.54, 1.807) is 12.1 Å². The molecule has 0 N–H and O–H groups in total. The van der Waals surface area contributed by atoms with Crippen LogP contribution in [0.25, 0.3) is 0 Å². The van der Waals surface area contributed by atoms with Crippen LogP contribution in [0.2, 0.25) is 0 Å². The summed E-state index contributed by atoms with van der Waals surface area (Å²) in [6.45, 7) is 0.870. The van der Waals surface area contributed by atoms with Gasteiger partial charge in [0.1, 0.15) is 24.7 Å². The van der Waals surface area contributed by atoms with Gasteiger partial charge in [0.05, 0.1) is 32.9 Å². The smallest absolute Gasteiger partial charge is 0.206 e. The third kappa shape index (κ3) is 7.43. The van der Waals surface area contributed by atoms with E-state index in [2.05, 4.69) is 112 Å². The fourth-order valence-electron chi connectivity index (χ4n) is 2.17. The number of alkyl halides is 4. The standard InChI is InChI=1S/C18H15Br7O4S/c19-6-10(21)8-28-17-2-1-12(3-14(17)23)30(26,27)13-4-15(24)18(16(25)5-13)29-9-11(22)7-20/h1-5,10-11H,6-9H2. The predicted octanol–water partition coefficient (Wildman–Crippen LogP) is 7.88. The number of benzene rings is 2. The van der Waals surface area contributed by atoms with Crippen molar-refractivity contribution in [1.29, 1.82) is 0 Å². The molecular weight excluding hydrogens is 872 g/mol. The maximum atomic E-state index is 13.2. The largest absolute Gasteiger partial charge is 0.491 e. The number of halogens is 7. The van der Waals surface area contributed by atoms with Crippen molar-refractivity contribution < 1.29 is 17.9 Å². The van der Waals surface area contributed by atoms with E-state index < -0.39 is 9.84 Å². The summed E-state index contributed by atoms with van der Waals surface area (Å²) < 4.78 is 39.5. The molecule has 0 radical (unpaired) electrons. The third-order valence-electron chi connectivity index (χ3n) is 3.66. The van der Waals surface area contributed by atoms with Crippen molar-refractivity contribution in [1.82, 2.24) is 0 Å². The Morgan fingerprint density at radius 2 is 1.27 bits per heavy atom. The summed E-state index contributed by atoms with van der Waals surface area (Å²) in [7, 11) is -3.75. The van der Waals surface area contributed by atoms with Crippen molar-refractivity contribution in [2.45, 2.75) is 19.4 Å². The first-order valence-electron chi connectivity index (χ1n) is 8.29. The average Bonchev–Trinajstić information content (AvgIpc) is 2.71. The summed E-state index contributed by atoms with van der Waals surface area (Å²) in [4.78, 5) is 0.583. The molecule has 2 aromatic carbocycles. The molecule has 0 aliphatic heterocycles. The van der Waals surface area contributed by atoms with Gasteiger partial charge >= 0.3 is 0 Å². The van der Waals surface area contributed by atoms with Gasteiger partial charge in [-0.3, -0.25) is 0 Å². The molecule has 4 nitrogen and oxygen atoms in total. The van der Waals surface area contributed by atoms with Gasteiger partial charge < -0.3 is 9.47 Å². The molecule has 2 aromatic rings. The van der Waals surface area contributed by atoms with Crippen molar-refractivity contribution >= 4 is 121 Å². The highest BCUT2D eigenvalue weighted by Crippen LogP contribution is 2.38. The van der Waals surface area contributed by atoms with Crippen LogP contribution in [-0.4, -0.2) is 41.9 Å². The molecule has 0 aliphatic carbocycles. The van der Waals surface area contributed by atoms with Crippen LogP contribution in [-0.2, 0) is 9.84 Å². The van der Waals surface area contributed by atoms with Crippen LogP contribution in [0, 0.1) is 0 Å². The van der Waals surface area contributed by atoms with E-state index in [0.29, 0.717) is 38.1 Å². The first kappa shape index (κ1) is 27.6. The summed E-state index contributed by atoms with van der Waals surface area (Å²) in [5, 5.41) is 1.47. The Balaban J connectivity index is 2.29.